The molecule has 0 aliphatic rings. The molecule has 0 fully saturated rings. The lowest BCUT2D eigenvalue weighted by Gasteiger charge is -2.30. The molecule has 844 valence electrons. The van der Waals surface area contributed by atoms with Crippen LogP contribution in [-0.2, 0) is 87.9 Å². The van der Waals surface area contributed by atoms with Gasteiger partial charge in [0.25, 0.3) is 0 Å². The van der Waals surface area contributed by atoms with E-state index in [1.807, 2.05) is 13.8 Å². The average Bonchev–Trinajstić information content (AvgIpc) is 1.44. The van der Waals surface area contributed by atoms with Crippen molar-refractivity contribution >= 4 is 136 Å². The summed E-state index contributed by atoms with van der Waals surface area (Å²) in [5.74, 6) is -19.2. The molecule has 1 aromatic rings. The summed E-state index contributed by atoms with van der Waals surface area (Å²) in [7, 11) is 0. The third kappa shape index (κ3) is 60.0. The Balaban J connectivity index is 3.97. The molecule has 0 bridgehead atoms. The Morgan fingerprint density at radius 3 is 0.617 bits per heavy atom. The van der Waals surface area contributed by atoms with Gasteiger partial charge in [-0.25, -0.2) is 4.98 Å². The molecule has 55 heteroatoms. The maximum absolute atomic E-state index is 15.1. The highest BCUT2D eigenvalue weighted by molar-refractivity contribution is 6.01. The van der Waals surface area contributed by atoms with E-state index < -0.39 is 228 Å². The number of imidazole rings is 1. The number of amides is 17. The molecule has 0 aromatic carbocycles. The lowest BCUT2D eigenvalue weighted by atomic mass is 9.98. The van der Waals surface area contributed by atoms with Crippen molar-refractivity contribution in [3.05, 3.63) is 18.2 Å². The van der Waals surface area contributed by atoms with Gasteiger partial charge in [0.05, 0.1) is 25.5 Å². The van der Waals surface area contributed by atoms with Crippen molar-refractivity contribution in [2.24, 2.45) is 93.2 Å². The summed E-state index contributed by atoms with van der Waals surface area (Å²) in [5, 5.41) is 105. The minimum atomic E-state index is -1.55. The van der Waals surface area contributed by atoms with E-state index in [0.717, 1.165) is 0 Å². The number of guanidine groups is 6. The summed E-state index contributed by atoms with van der Waals surface area (Å²) in [6.07, 6.45) is 2.56. The molecule has 0 unspecified atom stereocenters. The topological polar surface area (TPSA) is 935 Å². The van der Waals surface area contributed by atoms with E-state index in [-0.39, 0.29) is 233 Å². The van der Waals surface area contributed by atoms with Crippen LogP contribution in [0.5, 0.6) is 0 Å². The Bertz CT molecular complexity index is 4500. The van der Waals surface area contributed by atoms with E-state index >= 15 is 28.8 Å². The molecule has 15 atom stereocenters. The summed E-state index contributed by atoms with van der Waals surface area (Å²) in [5.41, 5.74) is 45.8. The van der Waals surface area contributed by atoms with Gasteiger partial charge < -0.3 is 168 Å². The smallest absolute Gasteiger partial charge is 0.243 e. The third-order valence-corrected chi connectivity index (χ3v) is 22.7. The second-order valence-electron chi connectivity index (χ2n) is 40.6. The lowest BCUT2D eigenvalue weighted by molar-refractivity contribution is -0.137. The summed E-state index contributed by atoms with van der Waals surface area (Å²) in [6, 6.07) is -20.8. The number of hydrogen-bond donors (Lipinski definition) is 37. The molecule has 55 nitrogen and oxygen atoms in total. The predicted octanol–water partition coefficient (Wildman–Crippen LogP) is -6.27. The average molecular weight is 2110 g/mol. The molecule has 149 heavy (non-hydrogen) atoms. The van der Waals surface area contributed by atoms with Crippen molar-refractivity contribution < 1.29 is 81.5 Å². The Labute approximate surface area is 873 Å². The number of carbonyl (C=O) groups excluding carboxylic acids is 17. The van der Waals surface area contributed by atoms with Crippen LogP contribution < -0.4 is 163 Å². The van der Waals surface area contributed by atoms with Crippen LogP contribution in [0.2, 0.25) is 0 Å². The highest BCUT2D eigenvalue weighted by Gasteiger charge is 2.40. The normalized spacial score (nSPS) is 14.3. The summed E-state index contributed by atoms with van der Waals surface area (Å²) < 4.78 is 0. The highest BCUT2D eigenvalue weighted by atomic mass is 16.2. The standard InChI is InChI=1S/C94H176N38O17/c1-48(2)35-64(74(96)135)125-78(139)60(25-19-31-112-91(101)102)122-83(144)66(37-50(5)6)131-87(148)70(41-54(13)14)128-79(140)61(26-20-32-113-92(103)104)120-77(138)59(24-18-30-111-90(99)100)121-82(143)65(36-49(3)4)127-80(141)62(27-21-33-114-93(105)106)123-85(146)68(39-52(9)10)132-88(149)71(42-55(15)16)129-81(142)63(28-22-34-115-94(107)108)124-84(145)67(38-51(7)8)130-86(147)69(40-53(11)12)126-76(137)58(23-17-29-110-89(97)98)119-73(134)46-116-72(133)45-117-75(136)57(95)43-56-44-109-47-118-56/h44,47-55,57-71H,17-43,45-46,95H2,1-16H3,(H2,96,135)(H,109,118)(H,116,133)(H,117,136)(H,119,134)(H,120,138)(H,121,143)(H,122,144)(H,123,146)(H,124,145)(H,125,139)(H,126,137)(H,127,141)(H,128,140)(H,129,142)(H,130,147)(H,131,148)(H,132,149)(H4,97,98,110)(H4,99,100,111)(H4,101,102,112)(H4,103,104,113)(H4,105,106,114)(H4,107,108,115)/t57-,58-,59-,60-,61-,62-,63-,64-,65-,66-,67-,68-,69-,70-,71-/m0/s1. The zero-order chi connectivity index (χ0) is 113. The van der Waals surface area contributed by atoms with Crippen molar-refractivity contribution in [2.75, 3.05) is 52.4 Å². The predicted molar refractivity (Wildman–Crippen MR) is 563 cm³/mol. The molecule has 1 heterocycles. The summed E-state index contributed by atoms with van der Waals surface area (Å²) in [6.45, 7) is 27.3. The van der Waals surface area contributed by atoms with Crippen LogP contribution >= 0.6 is 0 Å². The number of carbonyl (C=O) groups is 17. The number of rotatable bonds is 75. The number of nitrogens with two attached hydrogens (primary N) is 8. The maximum atomic E-state index is 15.1. The zero-order valence-corrected chi connectivity index (χ0v) is 89.4. The van der Waals surface area contributed by atoms with E-state index in [0.29, 0.717) is 5.69 Å². The molecule has 0 saturated carbocycles. The first-order chi connectivity index (χ1) is 69.8. The number of H-pyrrole nitrogens is 1. The van der Waals surface area contributed by atoms with Gasteiger partial charge in [-0.05, 0) is 176 Å². The van der Waals surface area contributed by atoms with Gasteiger partial charge in [-0.2, -0.15) is 0 Å². The number of primary amides is 1. The molecule has 1 rings (SSSR count). The summed E-state index contributed by atoms with van der Waals surface area (Å²) in [4.78, 5) is 251. The Morgan fingerprint density at radius 1 is 0.248 bits per heavy atom. The number of hydrogen-bond acceptors (Lipinski definition) is 25. The SMILES string of the molecule is CC(C)C[C@H](NC(=O)[C@H](CCCNC(=N)N)NC(=O)[C@H](CC(C)C)NC(=O)[C@H](CC(C)C)NC(=O)[C@H](CCCNC(=N)N)NC(=O)[C@H](CCCNC(=N)N)NC(=O)[C@H](CC(C)C)NC(=O)[C@H](CCCNC(=N)N)NC(=O)[C@H](CC(C)C)NC(=O)[C@H](CC(C)C)NC(=O)[C@H](CCCNC(=N)N)NC(=O)[C@H](CC(C)C)NC(=O)[C@H](CC(C)C)NC(=O)[C@H](CCCNC(=N)N)NC(=O)CNC(=O)CNC(=O)[C@@H](N)Cc1cnc[nH]1)C(N)=O. The molecule has 0 aliphatic heterocycles. The Morgan fingerprint density at radius 2 is 0.430 bits per heavy atom. The van der Waals surface area contributed by atoms with Crippen LogP contribution in [0.15, 0.2) is 12.5 Å². The molecular formula is C94H176N38O17. The molecule has 1 aromatic heterocycles. The van der Waals surface area contributed by atoms with Crippen molar-refractivity contribution in [1.82, 2.24) is 127 Å². The van der Waals surface area contributed by atoms with Gasteiger partial charge in [-0.15, -0.1) is 0 Å². The first-order valence-corrected chi connectivity index (χ1v) is 51.1. The van der Waals surface area contributed by atoms with Crippen LogP contribution in [0.4, 0.5) is 0 Å². The van der Waals surface area contributed by atoms with E-state index in [4.69, 9.17) is 78.3 Å². The fourth-order valence-corrected chi connectivity index (χ4v) is 15.5. The van der Waals surface area contributed by atoms with Gasteiger partial charge in [0, 0.05) is 57.6 Å². The van der Waals surface area contributed by atoms with Gasteiger partial charge in [0.2, 0.25) is 100 Å². The first-order valence-electron chi connectivity index (χ1n) is 51.1. The van der Waals surface area contributed by atoms with Crippen molar-refractivity contribution in [2.45, 2.75) is 336 Å². The van der Waals surface area contributed by atoms with Gasteiger partial charge in [-0.1, -0.05) is 111 Å². The van der Waals surface area contributed by atoms with Crippen LogP contribution in [0.3, 0.4) is 0 Å². The minimum absolute atomic E-state index is 0.00598. The van der Waals surface area contributed by atoms with Crippen LogP contribution in [-0.4, -0.2) is 289 Å². The maximum Gasteiger partial charge on any atom is 0.243 e. The Hall–Kier alpha value is -14.2. The first kappa shape index (κ1) is 133. The fraction of sp³-hybridized carbons (Fsp3) is 0.723. The fourth-order valence-electron chi connectivity index (χ4n) is 15.5. The minimum Gasteiger partial charge on any atom is -0.370 e. The molecular weight excluding hydrogens is 1930 g/mol. The Kier molecular flexibility index (Phi) is 63.6. The van der Waals surface area contributed by atoms with Crippen LogP contribution in [0.25, 0.3) is 0 Å². The van der Waals surface area contributed by atoms with Crippen LogP contribution in [0, 0.1) is 79.8 Å². The zero-order valence-electron chi connectivity index (χ0n) is 89.4. The second-order valence-corrected chi connectivity index (χ2v) is 40.6. The van der Waals surface area contributed by atoms with Crippen LogP contribution in [0.1, 0.15) is 245 Å². The number of aromatic amines is 1. The molecule has 0 saturated heterocycles. The van der Waals surface area contributed by atoms with E-state index in [2.05, 4.69) is 127 Å². The van der Waals surface area contributed by atoms with Crippen molar-refractivity contribution in [1.29, 1.82) is 32.5 Å². The van der Waals surface area contributed by atoms with Gasteiger partial charge in [-0.3, -0.25) is 114 Å². The van der Waals surface area contributed by atoms with E-state index in [9.17, 15) is 52.7 Å². The largest absolute Gasteiger partial charge is 0.370 e. The number of nitrogens with one attached hydrogen (secondary N) is 29. The third-order valence-electron chi connectivity index (χ3n) is 22.7. The van der Waals surface area contributed by atoms with Crippen molar-refractivity contribution in [3.8, 4) is 0 Å². The molecule has 0 aliphatic carbocycles. The molecule has 0 radical (unpaired) electrons. The van der Waals surface area contributed by atoms with Gasteiger partial charge in [0.1, 0.15) is 84.6 Å². The second kappa shape index (κ2) is 71.4. The highest BCUT2D eigenvalue weighted by Crippen LogP contribution is 2.19. The van der Waals surface area contributed by atoms with Gasteiger partial charge >= 0.3 is 0 Å². The quantitative estimate of drug-likeness (QED) is 0.0164. The number of aromatic nitrogens is 2. The molecule has 45 N–H and O–H groups in total. The van der Waals surface area contributed by atoms with E-state index in [1.165, 1.54) is 12.5 Å². The molecule has 0 spiro atoms. The summed E-state index contributed by atoms with van der Waals surface area (Å²) >= 11 is 0. The van der Waals surface area contributed by atoms with Crippen molar-refractivity contribution in [3.63, 3.8) is 0 Å². The van der Waals surface area contributed by atoms with Gasteiger partial charge in [0.15, 0.2) is 35.8 Å². The monoisotopic (exact) mass is 2110 g/mol. The van der Waals surface area contributed by atoms with E-state index in [1.54, 1.807) is 96.9 Å². The number of nitrogens with zero attached hydrogens (tertiary/aromatic N) is 1. The lowest BCUT2D eigenvalue weighted by Crippen LogP contribution is -2.61. The molecule has 17 amide bonds.